The van der Waals surface area contributed by atoms with Gasteiger partial charge in [-0.25, -0.2) is 0 Å². The van der Waals surface area contributed by atoms with E-state index >= 15 is 0 Å². The molecule has 1 aromatic carbocycles. The van der Waals surface area contributed by atoms with Crippen molar-refractivity contribution in [3.63, 3.8) is 0 Å². The van der Waals surface area contributed by atoms with Gasteiger partial charge in [-0.05, 0) is 0 Å². The molecule has 3 nitrogen and oxygen atoms in total. The predicted molar refractivity (Wildman–Crippen MR) is 73.6 cm³/mol. The van der Waals surface area contributed by atoms with Gasteiger partial charge < -0.3 is 0 Å². The molecule has 0 spiro atoms. The molecule has 0 atom stereocenters. The fourth-order valence-corrected chi connectivity index (χ4v) is 3.48. The summed E-state index contributed by atoms with van der Waals surface area (Å²) in [7, 11) is 3.51. The molecule has 5 heteroatoms. The summed E-state index contributed by atoms with van der Waals surface area (Å²) in [4.78, 5) is 0. The van der Waals surface area contributed by atoms with E-state index < -0.39 is 8.07 Å². The fourth-order valence-electron chi connectivity index (χ4n) is 1.75. The van der Waals surface area contributed by atoms with Crippen molar-refractivity contribution in [3.05, 3.63) is 17.7 Å². The maximum atomic E-state index is 5.50. The number of hydrogen-bond acceptors (Lipinski definition) is 3. The molecule has 0 unspecified atom stereocenters. The van der Waals surface area contributed by atoms with Crippen molar-refractivity contribution >= 4 is 17.8 Å². The van der Waals surface area contributed by atoms with Crippen LogP contribution in [0.5, 0.6) is 11.5 Å². The molecule has 0 radical (unpaired) electrons. The molecule has 0 aromatic heterocycles. The number of rotatable bonds is 5. The number of hydrogen-bond donors (Lipinski definition) is 0. The summed E-state index contributed by atoms with van der Waals surface area (Å²) in [6, 6.07) is 4.04. The second-order valence-electron chi connectivity index (χ2n) is 4.99. The molecule has 0 aliphatic carbocycles. The first kappa shape index (κ1) is 15.5. The van der Waals surface area contributed by atoms with Gasteiger partial charge in [0.1, 0.15) is 0 Å². The average Bonchev–Trinajstić information content (AvgIpc) is 2.34. The first-order valence-corrected chi connectivity index (χ1v) is 9.83. The van der Waals surface area contributed by atoms with Gasteiger partial charge in [0.25, 0.3) is 0 Å². The Labute approximate surface area is 118 Å². The molecule has 0 amide bonds. The van der Waals surface area contributed by atoms with Crippen LogP contribution in [0.4, 0.5) is 0 Å². The summed E-state index contributed by atoms with van der Waals surface area (Å²) in [5, 5.41) is 1.24. The number of benzene rings is 1. The minimum absolute atomic E-state index is 0.701. The molecule has 1 aromatic rings. The monoisotopic (exact) mass is 304 g/mol. The van der Waals surface area contributed by atoms with E-state index in [2.05, 4.69) is 41.6 Å². The van der Waals surface area contributed by atoms with Crippen LogP contribution in [0.1, 0.15) is 5.56 Å². The van der Waals surface area contributed by atoms with Gasteiger partial charge in [0.15, 0.2) is 0 Å². The normalized spacial score (nSPS) is 11.2. The Hall–Kier alpha value is -0.601. The van der Waals surface area contributed by atoms with Gasteiger partial charge in [0.05, 0.1) is 0 Å². The van der Waals surface area contributed by atoms with E-state index in [0.717, 1.165) is 17.1 Å². The Morgan fingerprint density at radius 2 is 1.56 bits per heavy atom. The maximum absolute atomic E-state index is 5.50. The molecule has 0 fully saturated rings. The minimum atomic E-state index is -1.48. The van der Waals surface area contributed by atoms with Crippen LogP contribution < -0.4 is 14.7 Å². The van der Waals surface area contributed by atoms with Crippen LogP contribution in [0.3, 0.4) is 0 Å². The van der Waals surface area contributed by atoms with Crippen molar-refractivity contribution in [3.8, 4) is 11.5 Å². The third-order valence-corrected chi connectivity index (χ3v) is 5.35. The zero-order valence-corrected chi connectivity index (χ0v) is 14.1. The van der Waals surface area contributed by atoms with E-state index in [1.165, 1.54) is 5.19 Å². The van der Waals surface area contributed by atoms with Crippen molar-refractivity contribution < 1.29 is 30.1 Å². The van der Waals surface area contributed by atoms with Crippen molar-refractivity contribution in [1.29, 1.82) is 0 Å². The Bertz CT molecular complexity index is 452. The van der Waals surface area contributed by atoms with Crippen LogP contribution in [0.15, 0.2) is 12.1 Å². The predicted octanol–water partition coefficient (Wildman–Crippen LogP) is 1.92. The molecule has 18 heavy (non-hydrogen) atoms. The van der Waals surface area contributed by atoms with Gasteiger partial charge in [-0.1, -0.05) is 0 Å². The number of methoxy groups -OCH3 is 3. The standard InChI is InChI=1S/C13H20O3Si.Cr/c1-14-9-10-7-12(16-3)13(17(4,5)6)8-11(10)15-2;/h7-8H,1-6H3;. The van der Waals surface area contributed by atoms with Gasteiger partial charge in [-0.15, -0.1) is 0 Å². The van der Waals surface area contributed by atoms with Gasteiger partial charge in [0, 0.05) is 0 Å². The van der Waals surface area contributed by atoms with E-state index in [9.17, 15) is 0 Å². The summed E-state index contributed by atoms with van der Waals surface area (Å²) in [5.74, 6) is 1.71. The fraction of sp³-hybridized carbons (Fsp3) is 0.462. The molecule has 100 valence electrons. The first-order valence-electron chi connectivity index (χ1n) is 5.70. The zero-order valence-electron chi connectivity index (χ0n) is 11.8. The van der Waals surface area contributed by atoms with Crippen LogP contribution in [-0.2, 0) is 20.6 Å². The Morgan fingerprint density at radius 3 is 1.94 bits per heavy atom. The second kappa shape index (κ2) is 6.03. The van der Waals surface area contributed by atoms with Gasteiger partial charge in [0.2, 0.25) is 0 Å². The summed E-state index contributed by atoms with van der Waals surface area (Å²) in [6.45, 7) is 6.84. The average molecular weight is 304 g/mol. The van der Waals surface area contributed by atoms with Crippen molar-refractivity contribution in [2.24, 2.45) is 0 Å². The Morgan fingerprint density at radius 1 is 1.00 bits per heavy atom. The molecular formula is C13H20CrO3Si. The summed E-state index contributed by atoms with van der Waals surface area (Å²) in [6.07, 6.45) is 0. The van der Waals surface area contributed by atoms with Gasteiger partial charge in [-0.2, -0.15) is 0 Å². The molecule has 1 rings (SSSR count). The first-order chi connectivity index (χ1) is 8.35. The van der Waals surface area contributed by atoms with Crippen LogP contribution in [0.25, 0.3) is 0 Å². The Kier molecular flexibility index (Phi) is 5.18. The topological polar surface area (TPSA) is 27.7 Å². The van der Waals surface area contributed by atoms with Crippen LogP contribution in [0, 0.1) is 0 Å². The van der Waals surface area contributed by atoms with Crippen molar-refractivity contribution in [2.45, 2.75) is 19.6 Å². The molecular weight excluding hydrogens is 284 g/mol. The third-order valence-electron chi connectivity index (χ3n) is 2.73. The molecule has 0 bridgehead atoms. The SMILES string of the molecule is CO[C](=[Cr])c1cc(OC)c([Si](C)(C)C)cc1OC. The summed E-state index contributed by atoms with van der Waals surface area (Å²) >= 11 is 2.90. The third kappa shape index (κ3) is 3.24. The van der Waals surface area contributed by atoms with Crippen molar-refractivity contribution in [1.82, 2.24) is 0 Å². The van der Waals surface area contributed by atoms with E-state index in [0.29, 0.717) is 4.57 Å². The van der Waals surface area contributed by atoms with Crippen LogP contribution >= 0.6 is 0 Å². The van der Waals surface area contributed by atoms with Crippen molar-refractivity contribution in [2.75, 3.05) is 21.3 Å². The van der Waals surface area contributed by atoms with Gasteiger partial charge in [-0.3, -0.25) is 0 Å². The zero-order chi connectivity index (χ0) is 13.9. The summed E-state index contributed by atoms with van der Waals surface area (Å²) < 4.78 is 16.9. The summed E-state index contributed by atoms with van der Waals surface area (Å²) in [5.41, 5.74) is 0.888. The quantitative estimate of drug-likeness (QED) is 0.778. The van der Waals surface area contributed by atoms with E-state index in [1.54, 1.807) is 21.3 Å². The van der Waals surface area contributed by atoms with E-state index in [-0.39, 0.29) is 0 Å². The molecule has 0 N–H and O–H groups in total. The Balaban J connectivity index is 3.47. The molecule has 0 heterocycles. The van der Waals surface area contributed by atoms with Crippen LogP contribution in [0.2, 0.25) is 19.6 Å². The molecule has 0 saturated carbocycles. The molecule has 0 aliphatic heterocycles. The van der Waals surface area contributed by atoms with Crippen LogP contribution in [-0.4, -0.2) is 34.0 Å². The van der Waals surface area contributed by atoms with E-state index in [4.69, 9.17) is 14.2 Å². The molecule has 0 saturated heterocycles. The number of ether oxygens (including phenoxy) is 3. The second-order valence-corrected chi connectivity index (χ2v) is 10.6. The van der Waals surface area contributed by atoms with E-state index in [1.807, 2.05) is 6.07 Å². The molecule has 0 aliphatic rings. The van der Waals surface area contributed by atoms with Gasteiger partial charge >= 0.3 is 118 Å².